The van der Waals surface area contributed by atoms with E-state index in [9.17, 15) is 0 Å². The van der Waals surface area contributed by atoms with Gasteiger partial charge in [-0.2, -0.15) is 5.10 Å². The molecule has 152 valence electrons. The molecule has 0 spiro atoms. The standard InChI is InChI=1S/C22H33N5O/c1-23-22(24-12-7-15-28-21-10-3-2-4-11-21)25-17-19-8-5-9-20(16-19)18-27-14-6-13-26-27/h5-6,8-9,13-14,16,21H,2-4,7,10-12,15,17-18H2,1H3,(H2,23,24,25). The summed E-state index contributed by atoms with van der Waals surface area (Å²) < 4.78 is 7.91. The van der Waals surface area contributed by atoms with E-state index in [-0.39, 0.29) is 0 Å². The predicted octanol–water partition coefficient (Wildman–Crippen LogP) is 3.34. The summed E-state index contributed by atoms with van der Waals surface area (Å²) in [5.41, 5.74) is 2.47. The van der Waals surface area contributed by atoms with Crippen LogP contribution >= 0.6 is 0 Å². The van der Waals surface area contributed by atoms with Gasteiger partial charge in [-0.05, 0) is 36.5 Å². The molecule has 0 saturated heterocycles. The zero-order valence-corrected chi connectivity index (χ0v) is 16.9. The number of aliphatic imine (C=N–C) groups is 1. The maximum Gasteiger partial charge on any atom is 0.191 e. The highest BCUT2D eigenvalue weighted by Gasteiger charge is 2.12. The summed E-state index contributed by atoms with van der Waals surface area (Å²) in [6, 6.07) is 10.5. The molecule has 0 radical (unpaired) electrons. The highest BCUT2D eigenvalue weighted by Crippen LogP contribution is 2.20. The minimum absolute atomic E-state index is 0.486. The highest BCUT2D eigenvalue weighted by molar-refractivity contribution is 5.79. The van der Waals surface area contributed by atoms with Crippen molar-refractivity contribution >= 4 is 5.96 Å². The summed E-state index contributed by atoms with van der Waals surface area (Å²) >= 11 is 0. The largest absolute Gasteiger partial charge is 0.378 e. The van der Waals surface area contributed by atoms with Crippen LogP contribution < -0.4 is 10.6 Å². The van der Waals surface area contributed by atoms with Gasteiger partial charge in [0.05, 0.1) is 12.6 Å². The molecule has 1 aliphatic rings. The minimum Gasteiger partial charge on any atom is -0.378 e. The third-order valence-electron chi connectivity index (χ3n) is 5.10. The van der Waals surface area contributed by atoms with Crippen LogP contribution in [0.3, 0.4) is 0 Å². The lowest BCUT2D eigenvalue weighted by molar-refractivity contribution is 0.0277. The molecular weight excluding hydrogens is 350 g/mol. The van der Waals surface area contributed by atoms with Gasteiger partial charge in [0, 0.05) is 39.1 Å². The lowest BCUT2D eigenvalue weighted by Gasteiger charge is -2.22. The number of hydrogen-bond acceptors (Lipinski definition) is 3. The highest BCUT2D eigenvalue weighted by atomic mass is 16.5. The molecule has 0 bridgehead atoms. The van der Waals surface area contributed by atoms with Crippen molar-refractivity contribution < 1.29 is 4.74 Å². The minimum atomic E-state index is 0.486. The number of aromatic nitrogens is 2. The van der Waals surface area contributed by atoms with E-state index in [4.69, 9.17) is 4.74 Å². The first-order valence-corrected chi connectivity index (χ1v) is 10.4. The van der Waals surface area contributed by atoms with Crippen molar-refractivity contribution in [2.75, 3.05) is 20.2 Å². The average molecular weight is 384 g/mol. The lowest BCUT2D eigenvalue weighted by atomic mass is 9.98. The summed E-state index contributed by atoms with van der Waals surface area (Å²) in [6.45, 7) is 3.22. The monoisotopic (exact) mass is 383 g/mol. The molecule has 6 heteroatoms. The van der Waals surface area contributed by atoms with Crippen molar-refractivity contribution in [3.8, 4) is 0 Å². The smallest absolute Gasteiger partial charge is 0.191 e. The number of rotatable bonds is 9. The van der Waals surface area contributed by atoms with Gasteiger partial charge in [0.1, 0.15) is 0 Å². The number of nitrogens with zero attached hydrogens (tertiary/aromatic N) is 3. The van der Waals surface area contributed by atoms with Crippen molar-refractivity contribution in [3.05, 3.63) is 53.9 Å². The van der Waals surface area contributed by atoms with Crippen LogP contribution in [0.5, 0.6) is 0 Å². The second kappa shape index (κ2) is 11.5. The van der Waals surface area contributed by atoms with Gasteiger partial charge in [-0.25, -0.2) is 0 Å². The van der Waals surface area contributed by atoms with Crippen molar-refractivity contribution in [2.24, 2.45) is 4.99 Å². The van der Waals surface area contributed by atoms with E-state index < -0.39 is 0 Å². The fraction of sp³-hybridized carbons (Fsp3) is 0.545. The van der Waals surface area contributed by atoms with Crippen LogP contribution in [0.15, 0.2) is 47.7 Å². The van der Waals surface area contributed by atoms with Crippen molar-refractivity contribution in [1.82, 2.24) is 20.4 Å². The van der Waals surface area contributed by atoms with Crippen LogP contribution in [-0.4, -0.2) is 42.0 Å². The molecule has 1 aromatic carbocycles. The maximum absolute atomic E-state index is 5.98. The van der Waals surface area contributed by atoms with Gasteiger partial charge in [0.15, 0.2) is 5.96 Å². The quantitative estimate of drug-likeness (QED) is 0.396. The van der Waals surface area contributed by atoms with Gasteiger partial charge < -0.3 is 15.4 Å². The lowest BCUT2D eigenvalue weighted by Crippen LogP contribution is -2.37. The van der Waals surface area contributed by atoms with Gasteiger partial charge >= 0.3 is 0 Å². The van der Waals surface area contributed by atoms with Crippen LogP contribution in [0.25, 0.3) is 0 Å². The Hall–Kier alpha value is -2.34. The van der Waals surface area contributed by atoms with Crippen LogP contribution in [0.4, 0.5) is 0 Å². The van der Waals surface area contributed by atoms with Crippen LogP contribution in [-0.2, 0) is 17.8 Å². The normalized spacial score (nSPS) is 15.5. The first-order valence-electron chi connectivity index (χ1n) is 10.4. The molecule has 1 aliphatic carbocycles. The Balaban J connectivity index is 1.34. The molecule has 1 fully saturated rings. The van der Waals surface area contributed by atoms with E-state index in [1.54, 1.807) is 6.20 Å². The molecule has 1 saturated carbocycles. The molecule has 0 unspecified atom stereocenters. The summed E-state index contributed by atoms with van der Waals surface area (Å²) in [7, 11) is 1.81. The predicted molar refractivity (Wildman–Crippen MR) is 113 cm³/mol. The van der Waals surface area contributed by atoms with E-state index in [0.717, 1.165) is 38.6 Å². The number of hydrogen-bond donors (Lipinski definition) is 2. The summed E-state index contributed by atoms with van der Waals surface area (Å²) in [5.74, 6) is 0.829. The van der Waals surface area contributed by atoms with Crippen LogP contribution in [0.2, 0.25) is 0 Å². The number of ether oxygens (including phenoxy) is 1. The first kappa shape index (κ1) is 20.4. The number of benzene rings is 1. The molecule has 28 heavy (non-hydrogen) atoms. The first-order chi connectivity index (χ1) is 13.8. The van der Waals surface area contributed by atoms with E-state index in [1.165, 1.54) is 43.2 Å². The maximum atomic E-state index is 5.98. The Morgan fingerprint density at radius 2 is 2.04 bits per heavy atom. The molecule has 0 aliphatic heterocycles. The van der Waals surface area contributed by atoms with Crippen molar-refractivity contribution in [2.45, 2.75) is 57.7 Å². The van der Waals surface area contributed by atoms with Gasteiger partial charge in [0.2, 0.25) is 0 Å². The fourth-order valence-electron chi connectivity index (χ4n) is 3.59. The van der Waals surface area contributed by atoms with Gasteiger partial charge in [-0.1, -0.05) is 43.5 Å². The summed E-state index contributed by atoms with van der Waals surface area (Å²) in [6.07, 6.45) is 11.7. The van der Waals surface area contributed by atoms with Gasteiger partial charge in [-0.15, -0.1) is 0 Å². The third kappa shape index (κ3) is 7.00. The van der Waals surface area contributed by atoms with Crippen LogP contribution in [0, 0.1) is 0 Å². The molecule has 2 N–H and O–H groups in total. The number of guanidine groups is 1. The Bertz CT molecular complexity index is 707. The molecule has 1 heterocycles. The van der Waals surface area contributed by atoms with E-state index in [1.807, 2.05) is 24.0 Å². The molecule has 2 aromatic rings. The zero-order chi connectivity index (χ0) is 19.4. The average Bonchev–Trinajstić information content (AvgIpc) is 3.24. The Morgan fingerprint density at radius 1 is 1.18 bits per heavy atom. The van der Waals surface area contributed by atoms with Gasteiger partial charge in [-0.3, -0.25) is 9.67 Å². The van der Waals surface area contributed by atoms with E-state index >= 15 is 0 Å². The van der Waals surface area contributed by atoms with Crippen molar-refractivity contribution in [3.63, 3.8) is 0 Å². The Labute approximate surface area is 168 Å². The van der Waals surface area contributed by atoms with E-state index in [2.05, 4.69) is 45.0 Å². The zero-order valence-electron chi connectivity index (χ0n) is 16.9. The van der Waals surface area contributed by atoms with Gasteiger partial charge in [0.25, 0.3) is 0 Å². The van der Waals surface area contributed by atoms with Crippen molar-refractivity contribution in [1.29, 1.82) is 0 Å². The third-order valence-corrected chi connectivity index (χ3v) is 5.10. The summed E-state index contributed by atoms with van der Waals surface area (Å²) in [4.78, 5) is 4.31. The van der Waals surface area contributed by atoms with E-state index in [0.29, 0.717) is 6.10 Å². The molecule has 0 amide bonds. The molecule has 3 rings (SSSR count). The fourth-order valence-corrected chi connectivity index (χ4v) is 3.59. The SMILES string of the molecule is CN=C(NCCCOC1CCCCC1)NCc1cccc(Cn2cccn2)c1. The second-order valence-electron chi connectivity index (χ2n) is 7.36. The number of nitrogens with one attached hydrogen (secondary N) is 2. The topological polar surface area (TPSA) is 63.5 Å². The second-order valence-corrected chi connectivity index (χ2v) is 7.36. The van der Waals surface area contributed by atoms with Crippen LogP contribution in [0.1, 0.15) is 49.7 Å². The Kier molecular flexibility index (Phi) is 8.37. The molecule has 6 nitrogen and oxygen atoms in total. The molecule has 0 atom stereocenters. The summed E-state index contributed by atoms with van der Waals surface area (Å²) in [5, 5.41) is 11.0. The molecule has 1 aromatic heterocycles. The Morgan fingerprint density at radius 3 is 2.82 bits per heavy atom. The molecular formula is C22H33N5O.